The van der Waals surface area contributed by atoms with E-state index in [-0.39, 0.29) is 10.8 Å². The molecule has 0 aliphatic carbocycles. The van der Waals surface area contributed by atoms with Crippen molar-refractivity contribution < 1.29 is 17.9 Å². The molecule has 1 aliphatic heterocycles. The molecule has 0 bridgehead atoms. The van der Waals surface area contributed by atoms with Gasteiger partial charge in [-0.05, 0) is 59.2 Å². The molecule has 10 heteroatoms. The van der Waals surface area contributed by atoms with Crippen molar-refractivity contribution in [1.82, 2.24) is 19.6 Å². The van der Waals surface area contributed by atoms with Crippen LogP contribution in [0.4, 0.5) is 5.95 Å². The van der Waals surface area contributed by atoms with Gasteiger partial charge in [0, 0.05) is 13.1 Å². The molecule has 4 aromatic rings. The molecule has 0 spiro atoms. The number of nitrogen functional groups attached to an aromatic ring is 1. The lowest BCUT2D eigenvalue weighted by atomic mass is 10.1. The number of methoxy groups -OCH3 is 1. The van der Waals surface area contributed by atoms with Crippen LogP contribution in [0.1, 0.15) is 12.0 Å². The van der Waals surface area contributed by atoms with Gasteiger partial charge >= 0.3 is 0 Å². The number of anilines is 1. The highest BCUT2D eigenvalue weighted by atomic mass is 32.2. The van der Waals surface area contributed by atoms with Crippen LogP contribution in [0.2, 0.25) is 0 Å². The highest BCUT2D eigenvalue weighted by Crippen LogP contribution is 2.25. The highest BCUT2D eigenvalue weighted by molar-refractivity contribution is 7.89. The molecular formula is C23H23N5O4S. The molecule has 1 aliphatic rings. The van der Waals surface area contributed by atoms with Gasteiger partial charge in [0.25, 0.3) is 0 Å². The highest BCUT2D eigenvalue weighted by Gasteiger charge is 2.35. The minimum atomic E-state index is -3.88. The lowest BCUT2D eigenvalue weighted by Crippen LogP contribution is -2.41. The third-order valence-corrected chi connectivity index (χ3v) is 7.33. The summed E-state index contributed by atoms with van der Waals surface area (Å²) < 4.78 is 33.8. The number of hydrogen-bond donors (Lipinski definition) is 3. The molecular weight excluding hydrogens is 442 g/mol. The summed E-state index contributed by atoms with van der Waals surface area (Å²) in [6.07, 6.45) is 0.402. The van der Waals surface area contributed by atoms with Gasteiger partial charge in [-0.3, -0.25) is 4.79 Å². The summed E-state index contributed by atoms with van der Waals surface area (Å²) in [6.45, 7) is 0.839. The fourth-order valence-corrected chi connectivity index (χ4v) is 5.41. The number of nitrogens with zero attached hydrogens (tertiary/aromatic N) is 2. The monoisotopic (exact) mass is 465 g/mol. The Labute approximate surface area is 190 Å². The van der Waals surface area contributed by atoms with Crippen molar-refractivity contribution in [3.8, 4) is 5.75 Å². The number of imidazole rings is 1. The average Bonchev–Trinajstić information content (AvgIpc) is 3.34. The maximum atomic E-state index is 13.0. The molecule has 0 unspecified atom stereocenters. The fraction of sp³-hybridized carbons (Fsp3) is 0.217. The first-order chi connectivity index (χ1) is 15.8. The van der Waals surface area contributed by atoms with Crippen molar-refractivity contribution in [2.75, 3.05) is 19.4 Å². The molecule has 1 amide bonds. The van der Waals surface area contributed by atoms with Crippen molar-refractivity contribution >= 4 is 43.7 Å². The van der Waals surface area contributed by atoms with E-state index < -0.39 is 16.1 Å². The first-order valence-corrected chi connectivity index (χ1v) is 11.9. The van der Waals surface area contributed by atoms with Gasteiger partial charge in [0.05, 0.1) is 23.0 Å². The van der Waals surface area contributed by atoms with Crippen LogP contribution in [0, 0.1) is 0 Å². The number of nitrogens with two attached hydrogens (primary N) is 1. The van der Waals surface area contributed by atoms with Crippen LogP contribution in [0.5, 0.6) is 5.75 Å². The normalized spacial score (nSPS) is 16.7. The number of amides is 1. The Morgan fingerprint density at radius 1 is 1.15 bits per heavy atom. The van der Waals surface area contributed by atoms with Gasteiger partial charge in [-0.15, -0.1) is 0 Å². The Bertz CT molecular complexity index is 1480. The number of nitrogens with one attached hydrogen (secondary N) is 2. The van der Waals surface area contributed by atoms with E-state index in [4.69, 9.17) is 10.5 Å². The van der Waals surface area contributed by atoms with Crippen LogP contribution in [0.25, 0.3) is 21.8 Å². The van der Waals surface area contributed by atoms with Crippen LogP contribution in [0.15, 0.2) is 59.5 Å². The van der Waals surface area contributed by atoms with E-state index in [0.717, 1.165) is 27.4 Å². The predicted molar refractivity (Wildman–Crippen MR) is 125 cm³/mol. The van der Waals surface area contributed by atoms with E-state index in [1.54, 1.807) is 36.3 Å². The van der Waals surface area contributed by atoms with Gasteiger partial charge in [-0.1, -0.05) is 18.2 Å². The molecule has 5 rings (SSSR count). The molecule has 3 aromatic carbocycles. The number of ether oxygens (including phenoxy) is 1. The summed E-state index contributed by atoms with van der Waals surface area (Å²) in [5, 5.41) is 1.64. The number of carbonyl (C=O) groups is 1. The SMILES string of the molecule is COc1ccc2ccc(S(=O)(=O)N[C@H]3CCN(Cc4ccc5nc(N)[nH]c5c4)C3=O)cc2c1. The molecule has 2 heterocycles. The van der Waals surface area contributed by atoms with Gasteiger partial charge in [-0.25, -0.2) is 13.4 Å². The number of benzene rings is 3. The number of carbonyl (C=O) groups excluding carboxylic acids is 1. The zero-order valence-corrected chi connectivity index (χ0v) is 18.7. The fourth-order valence-electron chi connectivity index (χ4n) is 4.15. The molecule has 1 fully saturated rings. The van der Waals surface area contributed by atoms with Gasteiger partial charge in [-0.2, -0.15) is 4.72 Å². The first-order valence-electron chi connectivity index (χ1n) is 10.5. The Balaban J connectivity index is 1.31. The zero-order chi connectivity index (χ0) is 23.2. The molecule has 0 radical (unpaired) electrons. The molecule has 33 heavy (non-hydrogen) atoms. The standard InChI is InChI=1S/C23H23N5O4S/c1-32-17-5-3-15-4-6-18(12-16(15)11-17)33(30,31)27-20-8-9-28(22(20)29)13-14-2-7-19-21(10-14)26-23(24)25-19/h2-7,10-12,20,27H,8-9,13H2,1H3,(H3,24,25,26)/t20-/m0/s1. The summed E-state index contributed by atoms with van der Waals surface area (Å²) >= 11 is 0. The molecule has 0 saturated carbocycles. The Morgan fingerprint density at radius 3 is 2.79 bits per heavy atom. The van der Waals surface area contributed by atoms with E-state index in [2.05, 4.69) is 14.7 Å². The van der Waals surface area contributed by atoms with Crippen LogP contribution in [-0.2, 0) is 21.4 Å². The van der Waals surface area contributed by atoms with Crippen LogP contribution in [-0.4, -0.2) is 48.9 Å². The minimum absolute atomic E-state index is 0.108. The van der Waals surface area contributed by atoms with Crippen LogP contribution in [0.3, 0.4) is 0 Å². The maximum absolute atomic E-state index is 13.0. The lowest BCUT2D eigenvalue weighted by Gasteiger charge is -2.17. The maximum Gasteiger partial charge on any atom is 0.241 e. The second kappa shape index (κ2) is 8.05. The summed E-state index contributed by atoms with van der Waals surface area (Å²) in [4.78, 5) is 21.8. The number of hydrogen-bond acceptors (Lipinski definition) is 6. The molecule has 9 nitrogen and oxygen atoms in total. The summed E-state index contributed by atoms with van der Waals surface area (Å²) in [5.74, 6) is 0.730. The van der Waals surface area contributed by atoms with Gasteiger partial charge in [0.15, 0.2) is 5.95 Å². The van der Waals surface area contributed by atoms with Crippen LogP contribution < -0.4 is 15.2 Å². The van der Waals surface area contributed by atoms with Crippen molar-refractivity contribution in [3.05, 3.63) is 60.2 Å². The summed E-state index contributed by atoms with van der Waals surface area (Å²) in [5.41, 5.74) is 8.15. The molecule has 1 aromatic heterocycles. The van der Waals surface area contributed by atoms with Gasteiger partial charge in [0.1, 0.15) is 11.8 Å². The van der Waals surface area contributed by atoms with E-state index in [1.807, 2.05) is 30.3 Å². The second-order valence-corrected chi connectivity index (χ2v) is 9.78. The number of likely N-dealkylation sites (tertiary alicyclic amines) is 1. The first kappa shape index (κ1) is 21.2. The Hall–Kier alpha value is -3.63. The second-order valence-electron chi connectivity index (χ2n) is 8.07. The predicted octanol–water partition coefficient (Wildman–Crippen LogP) is 2.39. The molecule has 1 atom stereocenters. The zero-order valence-electron chi connectivity index (χ0n) is 17.9. The lowest BCUT2D eigenvalue weighted by molar-refractivity contribution is -0.129. The number of rotatable bonds is 6. The summed E-state index contributed by atoms with van der Waals surface area (Å²) in [6, 6.07) is 15.2. The van der Waals surface area contributed by atoms with E-state index >= 15 is 0 Å². The van der Waals surface area contributed by atoms with Gasteiger partial charge in [0.2, 0.25) is 15.9 Å². The number of H-pyrrole nitrogens is 1. The number of aromatic nitrogens is 2. The number of sulfonamides is 1. The third kappa shape index (κ3) is 4.10. The Kier molecular flexibility index (Phi) is 5.18. The largest absolute Gasteiger partial charge is 0.497 e. The topological polar surface area (TPSA) is 130 Å². The van der Waals surface area contributed by atoms with E-state index in [1.165, 1.54) is 0 Å². The smallest absolute Gasteiger partial charge is 0.241 e. The van der Waals surface area contributed by atoms with Crippen molar-refractivity contribution in [2.24, 2.45) is 0 Å². The summed E-state index contributed by atoms with van der Waals surface area (Å²) in [7, 11) is -2.32. The minimum Gasteiger partial charge on any atom is -0.497 e. The van der Waals surface area contributed by atoms with Gasteiger partial charge < -0.3 is 20.4 Å². The van der Waals surface area contributed by atoms with Crippen molar-refractivity contribution in [3.63, 3.8) is 0 Å². The van der Waals surface area contributed by atoms with E-state index in [0.29, 0.717) is 31.2 Å². The third-order valence-electron chi connectivity index (χ3n) is 5.86. The number of fused-ring (bicyclic) bond motifs is 2. The number of aromatic amines is 1. The molecule has 1 saturated heterocycles. The van der Waals surface area contributed by atoms with E-state index in [9.17, 15) is 13.2 Å². The van der Waals surface area contributed by atoms with Crippen LogP contribution >= 0.6 is 0 Å². The van der Waals surface area contributed by atoms with Crippen molar-refractivity contribution in [1.29, 1.82) is 0 Å². The van der Waals surface area contributed by atoms with Crippen molar-refractivity contribution in [2.45, 2.75) is 23.9 Å². The average molecular weight is 466 g/mol. The quantitative estimate of drug-likeness (QED) is 0.401. The molecule has 170 valence electrons. The molecule has 4 N–H and O–H groups in total. The Morgan fingerprint density at radius 2 is 1.97 bits per heavy atom.